The molecule has 0 saturated carbocycles. The molecule has 0 atom stereocenters. The smallest absolute Gasteiger partial charge is 0.160 e. The van der Waals surface area contributed by atoms with Crippen LogP contribution in [0.2, 0.25) is 0 Å². The van der Waals surface area contributed by atoms with Crippen molar-refractivity contribution in [2.45, 2.75) is 165 Å². The van der Waals surface area contributed by atoms with Gasteiger partial charge in [-0.3, -0.25) is 76.7 Å². The Kier molecular flexibility index (Phi) is 52.8. The number of fused-ring (bicyclic) bond motifs is 2. The van der Waals surface area contributed by atoms with Crippen molar-refractivity contribution in [3.05, 3.63) is 404 Å². The van der Waals surface area contributed by atoms with E-state index in [-0.39, 0.29) is 137 Å². The highest BCUT2D eigenvalue weighted by Gasteiger charge is 2.14. The zero-order valence-corrected chi connectivity index (χ0v) is 78.4. The molecular formula is C120H128O19S. The summed E-state index contributed by atoms with van der Waals surface area (Å²) < 4.78 is 16.7. The van der Waals surface area contributed by atoms with Gasteiger partial charge in [0.05, 0.1) is 0 Å². The van der Waals surface area contributed by atoms with Crippen LogP contribution in [-0.4, -0.2) is 106 Å². The summed E-state index contributed by atoms with van der Waals surface area (Å²) in [5, 5.41) is 3.67. The van der Waals surface area contributed by atoms with E-state index >= 15 is 0 Å². The molecule has 19 nitrogen and oxygen atoms in total. The number of benzene rings is 14. The van der Waals surface area contributed by atoms with Crippen molar-refractivity contribution in [2.75, 3.05) is 13.2 Å². The molecule has 0 N–H and O–H groups in total. The van der Waals surface area contributed by atoms with Crippen LogP contribution in [-0.2, 0) is 0 Å². The van der Waals surface area contributed by atoms with Crippen molar-refractivity contribution in [1.82, 2.24) is 0 Å². The summed E-state index contributed by atoms with van der Waals surface area (Å²) in [6.07, 6.45) is 0. The largest absolute Gasteiger partial charge is 0.490 e. The van der Waals surface area contributed by atoms with E-state index in [9.17, 15) is 76.7 Å². The topological polar surface area (TPSA) is 301 Å². The highest BCUT2D eigenvalue weighted by atomic mass is 32.2. The number of rotatable bonds is 26. The van der Waals surface area contributed by atoms with Gasteiger partial charge in [0, 0.05) is 98.8 Å². The Morgan fingerprint density at radius 2 is 0.371 bits per heavy atom. The number of Topliss-reactive ketones (excluding diaryl/α,β-unsaturated/α-hetero) is 16. The molecule has 140 heavy (non-hydrogen) atoms. The Labute approximate surface area is 828 Å². The molecule has 0 aliphatic rings. The van der Waals surface area contributed by atoms with Gasteiger partial charge >= 0.3 is 0 Å². The summed E-state index contributed by atoms with van der Waals surface area (Å²) >= 11 is 1.61. The second-order valence-electron chi connectivity index (χ2n) is 30.7. The Morgan fingerprint density at radius 1 is 0.186 bits per heavy atom. The molecule has 0 amide bonds. The predicted octanol–water partition coefficient (Wildman–Crippen LogP) is 29.9. The molecule has 0 bridgehead atoms. The minimum Gasteiger partial charge on any atom is -0.490 e. The van der Waals surface area contributed by atoms with Crippen LogP contribution in [0.1, 0.15) is 321 Å². The van der Waals surface area contributed by atoms with Gasteiger partial charge in [0.2, 0.25) is 0 Å². The lowest BCUT2D eigenvalue weighted by atomic mass is 9.97. The van der Waals surface area contributed by atoms with Crippen molar-refractivity contribution in [3.63, 3.8) is 0 Å². The molecule has 0 aromatic heterocycles. The number of ether oxygens (including phenoxy) is 3. The van der Waals surface area contributed by atoms with Gasteiger partial charge in [0.15, 0.2) is 92.5 Å². The highest BCUT2D eigenvalue weighted by Crippen LogP contribution is 2.30. The monoisotopic (exact) mass is 1900 g/mol. The first-order chi connectivity index (χ1) is 63.7. The van der Waals surface area contributed by atoms with E-state index in [2.05, 4.69) is 0 Å². The normalized spacial score (nSPS) is 9.63. The highest BCUT2D eigenvalue weighted by molar-refractivity contribution is 7.99. The Morgan fingerprint density at radius 3 is 0.593 bits per heavy atom. The Bertz CT molecular complexity index is 6100. The molecule has 0 saturated heterocycles. The number of hydrogen-bond acceptors (Lipinski definition) is 20. The minimum absolute atomic E-state index is 0. The second-order valence-corrected chi connectivity index (χ2v) is 31.9. The van der Waals surface area contributed by atoms with Crippen molar-refractivity contribution < 1.29 is 90.9 Å². The first-order valence-corrected chi connectivity index (χ1v) is 43.3. The fourth-order valence-electron chi connectivity index (χ4n) is 12.5. The third kappa shape index (κ3) is 39.4. The molecule has 0 aliphatic heterocycles. The standard InChI is InChI=1S/C18H18O4.C16H14O3.C16H14O2S.C16H14O2.2C14H12O2.2C10H10O2.6CH4/c1-13(19)15-3-7-17(8-4-15)21-11-12-22-18-9-5-16(6-10-18)14(2)20;2*1-11(17)13-3-7-15(8-4-13)19-16-9-5-14(6-10-16)12(2)18;1-11(17)13-3-7-15(8-4-13)16-9-5-14(6-10-16)12(2)18;1-9(15)11-3-5-14-8-12(10(2)16)4-6-13(14)7-11;1-9(15)11-5-3-8-14-12(10(2)16)6-4-7-13(11)14;1-7(11)9-3-5-10(6-4-9)8(2)12;1-7(11)9-4-3-5-10(6-9)8(2)12;;;;;;/h3-10H,11-12H2,1-2H3;2*3-10H,1-2H3;3-10H,1-2H3;2*3-8H,1-2H3;2*3-6H,1-2H3;6*1H4. The summed E-state index contributed by atoms with van der Waals surface area (Å²) in [4.78, 5) is 180. The second kappa shape index (κ2) is 60.5. The number of carbonyl (C=O) groups excluding carboxylic acids is 16. The lowest BCUT2D eigenvalue weighted by Crippen LogP contribution is -2.09. The molecule has 728 valence electrons. The molecule has 20 heteroatoms. The third-order valence-electron chi connectivity index (χ3n) is 20.3. The quantitative estimate of drug-likeness (QED) is 0.0359. The molecule has 0 unspecified atom stereocenters. The van der Waals surface area contributed by atoms with Crippen LogP contribution in [0.25, 0.3) is 32.7 Å². The molecule has 14 aromatic rings. The van der Waals surface area contributed by atoms with Gasteiger partial charge in [-0.2, -0.15) is 0 Å². The van der Waals surface area contributed by atoms with Crippen molar-refractivity contribution in [1.29, 1.82) is 0 Å². The van der Waals surface area contributed by atoms with E-state index in [0.29, 0.717) is 114 Å². The zero-order valence-electron chi connectivity index (χ0n) is 77.6. The number of ketones is 16. The third-order valence-corrected chi connectivity index (χ3v) is 21.3. The van der Waals surface area contributed by atoms with Gasteiger partial charge in [-0.15, -0.1) is 0 Å². The van der Waals surface area contributed by atoms with Gasteiger partial charge in [-0.05, 0) is 283 Å². The van der Waals surface area contributed by atoms with Crippen LogP contribution in [0.3, 0.4) is 0 Å². The van der Waals surface area contributed by atoms with Gasteiger partial charge in [0.25, 0.3) is 0 Å². The Hall–Kier alpha value is -15.9. The number of carbonyl (C=O) groups is 16. The summed E-state index contributed by atoms with van der Waals surface area (Å²) in [6, 6.07) is 93.2. The Balaban J connectivity index is 0.000000800. The number of hydrogen-bond donors (Lipinski definition) is 0. The summed E-state index contributed by atoms with van der Waals surface area (Å²) in [6.45, 7) is 25.3. The van der Waals surface area contributed by atoms with E-state index in [4.69, 9.17) is 14.2 Å². The maximum atomic E-state index is 11.5. The predicted molar refractivity (Wildman–Crippen MR) is 567 cm³/mol. The lowest BCUT2D eigenvalue weighted by molar-refractivity contribution is 0.0999. The van der Waals surface area contributed by atoms with Crippen molar-refractivity contribution in [2.24, 2.45) is 0 Å². The van der Waals surface area contributed by atoms with E-state index in [0.717, 1.165) is 53.6 Å². The molecule has 14 aromatic carbocycles. The average Bonchev–Trinajstić information content (AvgIpc) is 0.791. The molecular weight excluding hydrogens is 1780 g/mol. The van der Waals surface area contributed by atoms with Crippen LogP contribution < -0.4 is 14.2 Å². The van der Waals surface area contributed by atoms with Crippen LogP contribution >= 0.6 is 11.8 Å². The zero-order chi connectivity index (χ0) is 98.4. The fraction of sp³-hybridized carbons (Fsp3) is 0.200. The molecule has 14 rings (SSSR count). The average molecular weight is 1910 g/mol. The van der Waals surface area contributed by atoms with Crippen molar-refractivity contribution in [3.8, 4) is 34.1 Å². The van der Waals surface area contributed by atoms with E-state index < -0.39 is 0 Å². The molecule has 0 aliphatic carbocycles. The van der Waals surface area contributed by atoms with Gasteiger partial charge in [-0.1, -0.05) is 232 Å². The summed E-state index contributed by atoms with van der Waals surface area (Å²) in [5.74, 6) is 3.23. The maximum absolute atomic E-state index is 11.5. The molecule has 0 heterocycles. The molecule has 0 radical (unpaired) electrons. The van der Waals surface area contributed by atoms with Crippen LogP contribution in [0.4, 0.5) is 0 Å². The lowest BCUT2D eigenvalue weighted by Gasteiger charge is -2.09. The summed E-state index contributed by atoms with van der Waals surface area (Å²) in [7, 11) is 0. The van der Waals surface area contributed by atoms with Gasteiger partial charge < -0.3 is 14.2 Å². The minimum atomic E-state index is -0.0156. The molecule has 0 spiro atoms. The SMILES string of the molecule is C.C.C.C.C.C.CC(=O)c1ccc(-c2ccc(C(C)=O)cc2)cc1.CC(=O)c1ccc(C(C)=O)cc1.CC(=O)c1ccc(OCCOc2ccc(C(C)=O)cc2)cc1.CC(=O)c1ccc(Oc2ccc(C(C)=O)cc2)cc1.CC(=O)c1ccc(Sc2ccc(C(C)=O)cc2)cc1.CC(=O)c1ccc2cc(C(C)=O)ccc2c1.CC(=O)c1cccc(C(C)=O)c1.CC(=O)c1cccc2c(C(C)=O)cccc12. The van der Waals surface area contributed by atoms with Crippen molar-refractivity contribution >= 4 is 126 Å². The molecule has 0 fully saturated rings. The van der Waals surface area contributed by atoms with E-state index in [1.807, 2.05) is 146 Å². The maximum Gasteiger partial charge on any atom is 0.160 e. The van der Waals surface area contributed by atoms with E-state index in [1.165, 1.54) is 69.2 Å². The van der Waals surface area contributed by atoms with E-state index in [1.54, 1.807) is 223 Å². The summed E-state index contributed by atoms with van der Waals surface area (Å²) in [5.41, 5.74) is 12.7. The van der Waals surface area contributed by atoms with Crippen LogP contribution in [0.5, 0.6) is 23.0 Å². The first-order valence-electron chi connectivity index (χ1n) is 42.5. The van der Waals surface area contributed by atoms with Gasteiger partial charge in [-0.25, -0.2) is 0 Å². The van der Waals surface area contributed by atoms with Gasteiger partial charge in [0.1, 0.15) is 36.2 Å². The van der Waals surface area contributed by atoms with Crippen LogP contribution in [0.15, 0.2) is 325 Å². The fourth-order valence-corrected chi connectivity index (χ4v) is 13.3. The van der Waals surface area contributed by atoms with Crippen LogP contribution in [0, 0.1) is 0 Å². The first kappa shape index (κ1) is 122.